The van der Waals surface area contributed by atoms with Crippen LogP contribution in [0.3, 0.4) is 0 Å². The van der Waals surface area contributed by atoms with Crippen LogP contribution in [0.4, 0.5) is 22.0 Å². The monoisotopic (exact) mass is 176 g/mol. The lowest BCUT2D eigenvalue weighted by Gasteiger charge is -2.32. The average Bonchev–Trinajstić information content (AvgIpc) is 1.58. The summed E-state index contributed by atoms with van der Waals surface area (Å²) in [4.78, 5) is 0. The molecule has 0 aliphatic carbocycles. The van der Waals surface area contributed by atoms with Crippen molar-refractivity contribution in [2.24, 2.45) is 0 Å². The van der Waals surface area contributed by atoms with Crippen molar-refractivity contribution >= 4 is 0 Å². The Labute approximate surface area is 61.4 Å². The van der Waals surface area contributed by atoms with Crippen LogP contribution in [0, 0.1) is 0 Å². The lowest BCUT2D eigenvalue weighted by molar-refractivity contribution is -0.259. The lowest BCUT2D eigenvalue weighted by atomic mass is 9.91. The van der Waals surface area contributed by atoms with Crippen LogP contribution in [0.15, 0.2) is 0 Å². The first-order valence-electron chi connectivity index (χ1n) is 2.94. The predicted octanol–water partition coefficient (Wildman–Crippen LogP) is 3.03. The molecule has 68 valence electrons. The van der Waals surface area contributed by atoms with Crippen LogP contribution >= 0.6 is 0 Å². The fourth-order valence-electron chi connectivity index (χ4n) is 0.337. The zero-order chi connectivity index (χ0) is 9.50. The van der Waals surface area contributed by atoms with E-state index in [1.54, 1.807) is 0 Å². The Bertz CT molecular complexity index is 122. The fraction of sp³-hybridized carbons (Fsp3) is 1.00. The summed E-state index contributed by atoms with van der Waals surface area (Å²) in [7, 11) is 0. The van der Waals surface area contributed by atoms with Gasteiger partial charge in [0.15, 0.2) is 0 Å². The van der Waals surface area contributed by atoms with E-state index in [2.05, 4.69) is 0 Å². The highest BCUT2D eigenvalue weighted by atomic mass is 19.4. The molecule has 0 bridgehead atoms. The summed E-state index contributed by atoms with van der Waals surface area (Å²) in [5.74, 6) is 0. The molecule has 0 amide bonds. The minimum absolute atomic E-state index is 0.188. The van der Waals surface area contributed by atoms with Gasteiger partial charge in [0.1, 0.15) is 5.67 Å². The quantitative estimate of drug-likeness (QED) is 0.538. The zero-order valence-electron chi connectivity index (χ0n) is 6.39. The maximum Gasteiger partial charge on any atom is 0.425 e. The summed E-state index contributed by atoms with van der Waals surface area (Å²) >= 11 is 0. The molecule has 0 fully saturated rings. The lowest BCUT2D eigenvalue weighted by Crippen LogP contribution is -2.52. The largest absolute Gasteiger partial charge is 0.425 e. The van der Waals surface area contributed by atoms with Crippen molar-refractivity contribution in [2.45, 2.75) is 38.3 Å². The smallest absolute Gasteiger partial charge is 0.241 e. The molecule has 0 aromatic carbocycles. The van der Waals surface area contributed by atoms with E-state index in [9.17, 15) is 22.0 Å². The second kappa shape index (κ2) is 2.32. The van der Waals surface area contributed by atoms with E-state index in [4.69, 9.17) is 0 Å². The number of rotatable bonds is 1. The van der Waals surface area contributed by atoms with Crippen LogP contribution in [-0.2, 0) is 0 Å². The van der Waals surface area contributed by atoms with Crippen molar-refractivity contribution in [3.63, 3.8) is 0 Å². The van der Waals surface area contributed by atoms with Crippen molar-refractivity contribution in [3.8, 4) is 0 Å². The Morgan fingerprint density at radius 2 is 1.00 bits per heavy atom. The van der Waals surface area contributed by atoms with E-state index < -0.39 is 17.5 Å². The summed E-state index contributed by atoms with van der Waals surface area (Å²) in [6.07, 6.45) is -5.16. The third kappa shape index (κ3) is 1.81. The van der Waals surface area contributed by atoms with Crippen molar-refractivity contribution in [3.05, 3.63) is 0 Å². The van der Waals surface area contributed by atoms with Crippen LogP contribution in [0.5, 0.6) is 0 Å². The molecular formula is C6H9F5. The summed E-state index contributed by atoms with van der Waals surface area (Å²) in [5, 5.41) is 0. The van der Waals surface area contributed by atoms with Gasteiger partial charge >= 0.3 is 6.18 Å². The molecule has 0 aromatic heterocycles. The second-order valence-electron chi connectivity index (χ2n) is 2.97. The van der Waals surface area contributed by atoms with Crippen LogP contribution in [0.1, 0.15) is 20.8 Å². The maximum absolute atomic E-state index is 12.6. The number of hydrogen-bond acceptors (Lipinski definition) is 0. The zero-order valence-corrected chi connectivity index (χ0v) is 6.39. The Kier molecular flexibility index (Phi) is 2.24. The van der Waals surface area contributed by atoms with Crippen molar-refractivity contribution < 1.29 is 22.0 Å². The number of hydrogen-bond donors (Lipinski definition) is 0. The van der Waals surface area contributed by atoms with Gasteiger partial charge in [0.25, 0.3) is 0 Å². The highest BCUT2D eigenvalue weighted by molar-refractivity contribution is 4.96. The standard InChI is InChI=1S/C6H9F5/c1-4(2,7)5(3,8)6(9,10)11/h1-3H3. The van der Waals surface area contributed by atoms with Gasteiger partial charge in [-0.15, -0.1) is 0 Å². The van der Waals surface area contributed by atoms with Crippen LogP contribution in [0.2, 0.25) is 0 Å². The number of alkyl halides is 5. The van der Waals surface area contributed by atoms with Crippen molar-refractivity contribution in [1.29, 1.82) is 0 Å². The normalized spacial score (nSPS) is 19.6. The average molecular weight is 176 g/mol. The van der Waals surface area contributed by atoms with E-state index >= 15 is 0 Å². The van der Waals surface area contributed by atoms with Gasteiger partial charge in [-0.3, -0.25) is 0 Å². The molecule has 0 aliphatic heterocycles. The van der Waals surface area contributed by atoms with Gasteiger partial charge in [-0.25, -0.2) is 8.78 Å². The SMILES string of the molecule is CC(C)(F)C(C)(F)C(F)(F)F. The van der Waals surface area contributed by atoms with Crippen LogP contribution in [0.25, 0.3) is 0 Å². The second-order valence-corrected chi connectivity index (χ2v) is 2.97. The molecule has 1 atom stereocenters. The molecule has 0 spiro atoms. The van der Waals surface area contributed by atoms with Gasteiger partial charge in [-0.2, -0.15) is 13.2 Å². The van der Waals surface area contributed by atoms with Crippen LogP contribution in [-0.4, -0.2) is 17.5 Å². The predicted molar refractivity (Wildman–Crippen MR) is 30.8 cm³/mol. The molecule has 0 N–H and O–H groups in total. The van der Waals surface area contributed by atoms with Gasteiger partial charge in [0.2, 0.25) is 5.67 Å². The Hall–Kier alpha value is -0.350. The maximum atomic E-state index is 12.6. The third-order valence-corrected chi connectivity index (χ3v) is 1.65. The van der Waals surface area contributed by atoms with E-state index in [1.165, 1.54) is 0 Å². The molecule has 1 unspecified atom stereocenters. The first-order chi connectivity index (χ1) is 4.50. The van der Waals surface area contributed by atoms with Gasteiger partial charge < -0.3 is 0 Å². The third-order valence-electron chi connectivity index (χ3n) is 1.65. The topological polar surface area (TPSA) is 0 Å². The van der Waals surface area contributed by atoms with Gasteiger partial charge in [-0.05, 0) is 20.8 Å². The molecule has 0 aliphatic rings. The van der Waals surface area contributed by atoms with Crippen molar-refractivity contribution in [2.75, 3.05) is 0 Å². The molecular weight excluding hydrogens is 167 g/mol. The molecule has 5 heteroatoms. The summed E-state index contributed by atoms with van der Waals surface area (Å²) in [6.45, 7) is 1.30. The van der Waals surface area contributed by atoms with Gasteiger partial charge in [0.05, 0.1) is 0 Å². The number of halogens is 5. The van der Waals surface area contributed by atoms with E-state index in [-0.39, 0.29) is 6.92 Å². The molecule has 0 nitrogen and oxygen atoms in total. The fourth-order valence-corrected chi connectivity index (χ4v) is 0.337. The highest BCUT2D eigenvalue weighted by Gasteiger charge is 2.62. The first-order valence-corrected chi connectivity index (χ1v) is 2.94. The Morgan fingerprint density at radius 3 is 1.00 bits per heavy atom. The van der Waals surface area contributed by atoms with Crippen molar-refractivity contribution in [1.82, 2.24) is 0 Å². The van der Waals surface area contributed by atoms with E-state index in [0.717, 1.165) is 0 Å². The molecule has 0 radical (unpaired) electrons. The Balaban J connectivity index is 4.75. The van der Waals surface area contributed by atoms with Gasteiger partial charge in [-0.1, -0.05) is 0 Å². The minimum atomic E-state index is -5.16. The molecule has 0 saturated heterocycles. The summed E-state index contributed by atoms with van der Waals surface area (Å²) in [6, 6.07) is 0. The van der Waals surface area contributed by atoms with Gasteiger partial charge in [0, 0.05) is 0 Å². The first kappa shape index (κ1) is 10.7. The molecule has 11 heavy (non-hydrogen) atoms. The molecule has 0 aromatic rings. The minimum Gasteiger partial charge on any atom is -0.241 e. The Morgan fingerprint density at radius 1 is 0.727 bits per heavy atom. The summed E-state index contributed by atoms with van der Waals surface area (Å²) < 4.78 is 60.3. The molecule has 0 saturated carbocycles. The van der Waals surface area contributed by atoms with E-state index in [0.29, 0.717) is 13.8 Å². The van der Waals surface area contributed by atoms with Crippen LogP contribution < -0.4 is 0 Å². The molecule has 0 rings (SSSR count). The van der Waals surface area contributed by atoms with E-state index in [1.807, 2.05) is 0 Å². The summed E-state index contributed by atoms with van der Waals surface area (Å²) in [5.41, 5.74) is -6.70. The highest BCUT2D eigenvalue weighted by Crippen LogP contribution is 2.43. The molecule has 0 heterocycles.